The van der Waals surface area contributed by atoms with Gasteiger partial charge in [0.25, 0.3) is 5.91 Å². The Balaban J connectivity index is 1.70. The van der Waals surface area contributed by atoms with E-state index in [1.807, 2.05) is 4.90 Å². The van der Waals surface area contributed by atoms with E-state index in [-0.39, 0.29) is 34.4 Å². The van der Waals surface area contributed by atoms with E-state index < -0.39 is 18.5 Å². The molecule has 156 valence electrons. The second-order valence-electron chi connectivity index (χ2n) is 6.62. The Morgan fingerprint density at radius 1 is 1.45 bits per heavy atom. The van der Waals surface area contributed by atoms with Gasteiger partial charge in [-0.2, -0.15) is 0 Å². The van der Waals surface area contributed by atoms with E-state index in [1.54, 1.807) is 19.1 Å². The van der Waals surface area contributed by atoms with Crippen molar-refractivity contribution >= 4 is 23.2 Å². The molecule has 1 aliphatic heterocycles. The van der Waals surface area contributed by atoms with E-state index in [2.05, 4.69) is 5.32 Å². The number of hydrogen-bond donors (Lipinski definition) is 2. The first-order valence-corrected chi connectivity index (χ1v) is 9.70. The molecule has 0 spiro atoms. The molecule has 2 aromatic carbocycles. The van der Waals surface area contributed by atoms with Crippen molar-refractivity contribution in [2.45, 2.75) is 19.6 Å². The minimum absolute atomic E-state index is 0.0869. The number of nitrogens with two attached hydrogens (primary N) is 1. The summed E-state index contributed by atoms with van der Waals surface area (Å²) < 4.78 is 41.0. The van der Waals surface area contributed by atoms with Gasteiger partial charge in [-0.15, -0.1) is 0 Å². The molecule has 1 atom stereocenters. The highest BCUT2D eigenvalue weighted by atomic mass is 35.5. The summed E-state index contributed by atoms with van der Waals surface area (Å²) in [5.41, 5.74) is 7.04. The van der Waals surface area contributed by atoms with Crippen molar-refractivity contribution in [1.29, 1.82) is 0 Å². The van der Waals surface area contributed by atoms with Crippen LogP contribution < -0.4 is 15.8 Å². The first-order valence-electron chi connectivity index (χ1n) is 10.3. The number of carbonyl (C=O) groups excluding carboxylic acids is 1. The van der Waals surface area contributed by atoms with Crippen molar-refractivity contribution in [3.05, 3.63) is 58.4 Å². The maximum absolute atomic E-state index is 13.1. The Morgan fingerprint density at radius 2 is 2.21 bits per heavy atom. The van der Waals surface area contributed by atoms with E-state index >= 15 is 0 Å². The second-order valence-corrected chi connectivity index (χ2v) is 7.03. The molecular formula is C21H25ClFN3O3. The Labute approximate surface area is 177 Å². The largest absolute Gasteiger partial charge is 0.493 e. The molecule has 0 bridgehead atoms. The molecule has 1 amide bonds. The predicted octanol–water partition coefficient (Wildman–Crippen LogP) is 3.09. The lowest BCUT2D eigenvalue weighted by molar-refractivity contribution is -0.0292. The highest BCUT2D eigenvalue weighted by molar-refractivity contribution is 6.33. The minimum atomic E-state index is -2.16. The lowest BCUT2D eigenvalue weighted by atomic mass is 10.1. The average Bonchev–Trinajstić information content (AvgIpc) is 2.72. The quantitative estimate of drug-likeness (QED) is 0.669. The molecule has 29 heavy (non-hydrogen) atoms. The molecule has 0 aliphatic carbocycles. The van der Waals surface area contributed by atoms with Crippen LogP contribution in [-0.2, 0) is 11.3 Å². The van der Waals surface area contributed by atoms with Crippen molar-refractivity contribution in [2.24, 2.45) is 0 Å². The number of morpholine rings is 1. The van der Waals surface area contributed by atoms with Crippen LogP contribution in [0.25, 0.3) is 0 Å². The number of hydrogen-bond acceptors (Lipinski definition) is 5. The van der Waals surface area contributed by atoms with E-state index in [1.165, 1.54) is 24.3 Å². The van der Waals surface area contributed by atoms with E-state index in [0.717, 1.165) is 5.56 Å². The summed E-state index contributed by atoms with van der Waals surface area (Å²) >= 11 is 6.05. The lowest BCUT2D eigenvalue weighted by Gasteiger charge is -2.33. The number of nitrogens with zero attached hydrogens (tertiary/aromatic N) is 1. The summed E-state index contributed by atoms with van der Waals surface area (Å²) in [7, 11) is 0. The van der Waals surface area contributed by atoms with Gasteiger partial charge in [-0.1, -0.05) is 23.7 Å². The topological polar surface area (TPSA) is 76.8 Å². The van der Waals surface area contributed by atoms with Crippen LogP contribution in [0.5, 0.6) is 5.75 Å². The van der Waals surface area contributed by atoms with Crippen molar-refractivity contribution in [3.63, 3.8) is 0 Å². The Morgan fingerprint density at radius 3 is 2.93 bits per heavy atom. The second kappa shape index (κ2) is 9.91. The summed E-state index contributed by atoms with van der Waals surface area (Å²) in [6.07, 6.45) is -0.898. The van der Waals surface area contributed by atoms with Gasteiger partial charge in [0, 0.05) is 32.2 Å². The third-order valence-corrected chi connectivity index (χ3v) is 4.79. The predicted molar refractivity (Wildman–Crippen MR) is 111 cm³/mol. The van der Waals surface area contributed by atoms with Crippen LogP contribution in [0.1, 0.15) is 25.6 Å². The highest BCUT2D eigenvalue weighted by Crippen LogP contribution is 2.29. The molecule has 2 aromatic rings. The molecule has 8 heteroatoms. The third-order valence-electron chi connectivity index (χ3n) is 4.46. The minimum Gasteiger partial charge on any atom is -0.493 e. The summed E-state index contributed by atoms with van der Waals surface area (Å²) in [6.45, 7) is 1.59. The molecular weight excluding hydrogens is 397 g/mol. The van der Waals surface area contributed by atoms with E-state index in [9.17, 15) is 9.18 Å². The number of nitrogens with one attached hydrogen (secondary N) is 1. The van der Waals surface area contributed by atoms with Gasteiger partial charge < -0.3 is 20.5 Å². The number of rotatable bonds is 7. The zero-order valence-corrected chi connectivity index (χ0v) is 16.8. The molecule has 3 rings (SSSR count). The highest BCUT2D eigenvalue weighted by Gasteiger charge is 2.22. The van der Waals surface area contributed by atoms with Crippen LogP contribution in [-0.4, -0.2) is 49.7 Å². The number of carbonyl (C=O) groups is 1. The van der Waals surface area contributed by atoms with Crippen LogP contribution >= 0.6 is 11.6 Å². The molecule has 1 saturated heterocycles. The molecule has 0 saturated carbocycles. The van der Waals surface area contributed by atoms with Gasteiger partial charge in [0.1, 0.15) is 11.6 Å². The smallest absolute Gasteiger partial charge is 0.255 e. The van der Waals surface area contributed by atoms with Gasteiger partial charge in [-0.3, -0.25) is 9.69 Å². The Hall–Kier alpha value is -2.35. The van der Waals surface area contributed by atoms with Gasteiger partial charge in [0.05, 0.1) is 38.3 Å². The number of halogens is 2. The third kappa shape index (κ3) is 5.82. The van der Waals surface area contributed by atoms with Crippen LogP contribution in [0.3, 0.4) is 0 Å². The lowest BCUT2D eigenvalue weighted by Crippen LogP contribution is -2.47. The maximum atomic E-state index is 13.1. The van der Waals surface area contributed by atoms with E-state index in [0.29, 0.717) is 26.3 Å². The summed E-state index contributed by atoms with van der Waals surface area (Å²) in [5, 5.41) is 2.57. The first-order chi connectivity index (χ1) is 14.7. The fraction of sp³-hybridized carbons (Fsp3) is 0.381. The van der Waals surface area contributed by atoms with Crippen LogP contribution in [0.4, 0.5) is 10.1 Å². The molecule has 6 nitrogen and oxygen atoms in total. The zero-order chi connectivity index (χ0) is 22.6. The van der Waals surface area contributed by atoms with Crippen molar-refractivity contribution in [1.82, 2.24) is 10.2 Å². The number of amides is 1. The van der Waals surface area contributed by atoms with Crippen molar-refractivity contribution in [2.75, 3.05) is 38.5 Å². The number of nitrogen functional groups attached to an aromatic ring is 1. The SMILES string of the molecule is [2H]C([2H])(NC(=O)c1cc(Cl)c(N)cc1OCC)C1CN(Cc2ccc(F)cc2)CCO1. The van der Waals surface area contributed by atoms with Crippen LogP contribution in [0.2, 0.25) is 5.02 Å². The molecule has 1 heterocycles. The van der Waals surface area contributed by atoms with Gasteiger partial charge in [-0.25, -0.2) is 4.39 Å². The standard InChI is InChI=1S/C21H25ClFN3O3/c1-2-28-20-10-19(24)18(22)9-17(20)21(27)25-11-16-13-26(7-8-29-16)12-14-3-5-15(23)6-4-14/h3-6,9-10,16H,2,7-8,11-13,24H2,1H3,(H,25,27)/i11D2. The van der Waals surface area contributed by atoms with Crippen molar-refractivity contribution in [3.8, 4) is 5.75 Å². The molecule has 1 aliphatic rings. The molecule has 1 unspecified atom stereocenters. The first kappa shape index (κ1) is 18.7. The molecule has 1 fully saturated rings. The van der Waals surface area contributed by atoms with Gasteiger partial charge in [0.2, 0.25) is 0 Å². The molecule has 3 N–H and O–H groups in total. The zero-order valence-electron chi connectivity index (χ0n) is 18.1. The number of anilines is 1. The molecule has 0 radical (unpaired) electrons. The molecule has 0 aromatic heterocycles. The monoisotopic (exact) mass is 423 g/mol. The van der Waals surface area contributed by atoms with Crippen LogP contribution in [0.15, 0.2) is 36.4 Å². The average molecular weight is 424 g/mol. The van der Waals surface area contributed by atoms with Crippen molar-refractivity contribution < 1.29 is 21.4 Å². The van der Waals surface area contributed by atoms with Gasteiger partial charge in [-0.05, 0) is 30.7 Å². The van der Waals surface area contributed by atoms with Crippen LogP contribution in [0, 0.1) is 5.82 Å². The number of ether oxygens (including phenoxy) is 2. The fourth-order valence-electron chi connectivity index (χ4n) is 3.02. The Kier molecular flexibility index (Phi) is 6.38. The normalized spacial score (nSPS) is 18.7. The fourth-order valence-corrected chi connectivity index (χ4v) is 3.18. The Bertz CT molecular complexity index is 931. The maximum Gasteiger partial charge on any atom is 0.255 e. The summed E-state index contributed by atoms with van der Waals surface area (Å²) in [5.74, 6) is -0.772. The number of benzene rings is 2. The van der Waals surface area contributed by atoms with Gasteiger partial charge in [0.15, 0.2) is 0 Å². The van der Waals surface area contributed by atoms with E-state index in [4.69, 9.17) is 29.5 Å². The summed E-state index contributed by atoms with van der Waals surface area (Å²) in [6, 6.07) is 8.96. The van der Waals surface area contributed by atoms with Gasteiger partial charge >= 0.3 is 0 Å². The summed E-state index contributed by atoms with van der Waals surface area (Å²) in [4.78, 5) is 14.8.